The lowest BCUT2D eigenvalue weighted by Crippen LogP contribution is -2.57. The maximum absolute atomic E-state index is 13.3. The zero-order chi connectivity index (χ0) is 33.9. The monoisotopic (exact) mass is 662 g/mol. The van der Waals surface area contributed by atoms with E-state index in [1.807, 2.05) is 51.2 Å². The van der Waals surface area contributed by atoms with Crippen LogP contribution in [-0.4, -0.2) is 61.6 Å². The first-order chi connectivity index (χ1) is 22.6. The van der Waals surface area contributed by atoms with Gasteiger partial charge in [0.2, 0.25) is 6.29 Å². The molecule has 1 aromatic heterocycles. The molecule has 1 aliphatic carbocycles. The summed E-state index contributed by atoms with van der Waals surface area (Å²) in [6, 6.07) is 18.1. The normalized spacial score (nSPS) is 15.8. The molecular formula is C36H46N4O6S. The summed E-state index contributed by atoms with van der Waals surface area (Å²) in [7, 11) is 1.94. The molecule has 2 atom stereocenters. The first-order valence-corrected chi connectivity index (χ1v) is 17.0. The van der Waals surface area contributed by atoms with Gasteiger partial charge >= 0.3 is 12.1 Å². The van der Waals surface area contributed by atoms with Crippen molar-refractivity contribution >= 4 is 41.3 Å². The molecule has 3 aromatic rings. The number of hydrogen-bond acceptors (Lipinski definition) is 9. The second kappa shape index (κ2) is 17.1. The molecule has 2 aliphatic rings. The molecule has 10 nitrogen and oxygen atoms in total. The van der Waals surface area contributed by atoms with Crippen molar-refractivity contribution in [3.8, 4) is 10.4 Å². The van der Waals surface area contributed by atoms with Crippen molar-refractivity contribution < 1.29 is 28.7 Å². The molecule has 47 heavy (non-hydrogen) atoms. The average Bonchev–Trinajstić information content (AvgIpc) is 3.72. The summed E-state index contributed by atoms with van der Waals surface area (Å²) in [4.78, 5) is 50.4. The SMILES string of the molecule is CNCc1ccc(-c2cccc(C(C)NC(=O)c3cc(NC4CN(C(=O)OC(C)OC(C)=O)C4)ccc3C)c2)s1.O=CC1CCCC1. The van der Waals surface area contributed by atoms with Gasteiger partial charge in [0.25, 0.3) is 5.91 Å². The second-order valence-electron chi connectivity index (χ2n) is 12.1. The number of esters is 1. The molecule has 1 aliphatic heterocycles. The summed E-state index contributed by atoms with van der Waals surface area (Å²) in [5.74, 6) is -0.243. The fourth-order valence-electron chi connectivity index (χ4n) is 5.60. The smallest absolute Gasteiger partial charge is 0.412 e. The highest BCUT2D eigenvalue weighted by atomic mass is 32.1. The highest BCUT2D eigenvalue weighted by Crippen LogP contribution is 2.30. The van der Waals surface area contributed by atoms with Crippen molar-refractivity contribution in [3.63, 3.8) is 0 Å². The van der Waals surface area contributed by atoms with E-state index in [0.29, 0.717) is 24.6 Å². The number of aldehydes is 1. The van der Waals surface area contributed by atoms with E-state index in [9.17, 15) is 19.2 Å². The molecule has 2 amide bonds. The van der Waals surface area contributed by atoms with Gasteiger partial charge in [-0.05, 0) is 80.8 Å². The molecule has 2 unspecified atom stereocenters. The van der Waals surface area contributed by atoms with Crippen molar-refractivity contribution in [3.05, 3.63) is 76.2 Å². The Hall–Kier alpha value is -4.22. The van der Waals surface area contributed by atoms with Gasteiger partial charge in [0.05, 0.1) is 12.1 Å². The number of carbonyl (C=O) groups is 4. The van der Waals surface area contributed by atoms with Crippen LogP contribution in [0.3, 0.4) is 0 Å². The second-order valence-corrected chi connectivity index (χ2v) is 13.3. The van der Waals surface area contributed by atoms with Gasteiger partial charge in [-0.1, -0.05) is 37.1 Å². The van der Waals surface area contributed by atoms with Crippen LogP contribution >= 0.6 is 11.3 Å². The van der Waals surface area contributed by atoms with E-state index in [4.69, 9.17) is 9.47 Å². The number of benzene rings is 2. The van der Waals surface area contributed by atoms with Crippen LogP contribution in [0.4, 0.5) is 10.5 Å². The van der Waals surface area contributed by atoms with Crippen molar-refractivity contribution in [2.45, 2.75) is 78.3 Å². The van der Waals surface area contributed by atoms with Crippen molar-refractivity contribution in [1.82, 2.24) is 15.5 Å². The molecule has 5 rings (SSSR count). The number of likely N-dealkylation sites (tertiary alicyclic amines) is 1. The number of thiophene rings is 1. The summed E-state index contributed by atoms with van der Waals surface area (Å²) in [5, 5.41) is 9.70. The van der Waals surface area contributed by atoms with Gasteiger partial charge in [0.15, 0.2) is 0 Å². The predicted molar refractivity (Wildman–Crippen MR) is 184 cm³/mol. The first kappa shape index (κ1) is 35.6. The first-order valence-electron chi connectivity index (χ1n) is 16.2. The number of carbonyl (C=O) groups excluding carboxylic acids is 4. The van der Waals surface area contributed by atoms with E-state index >= 15 is 0 Å². The fraction of sp³-hybridized carbons (Fsp3) is 0.444. The standard InChI is InChI=1S/C30H36N4O5S.C6H10O/c1-18-9-10-24(33-25-16-34(17-25)30(37)39-21(4)38-20(3)35)14-27(18)29(36)32-19(2)22-7-6-8-23(13-22)28-12-11-26(40-28)15-31-5;7-5-6-3-1-2-4-6/h6-14,19,21,25,31,33H,15-17H2,1-5H3,(H,32,36);5-6H,1-4H2. The minimum Gasteiger partial charge on any atom is -0.426 e. The Labute approximate surface area is 281 Å². The van der Waals surface area contributed by atoms with E-state index in [1.165, 1.54) is 41.3 Å². The zero-order valence-corrected chi connectivity index (χ0v) is 28.7. The lowest BCUT2D eigenvalue weighted by Gasteiger charge is -2.39. The van der Waals surface area contributed by atoms with Crippen LogP contribution in [0.1, 0.15) is 78.9 Å². The average molecular weight is 663 g/mol. The molecular weight excluding hydrogens is 616 g/mol. The van der Waals surface area contributed by atoms with Gasteiger partial charge in [-0.2, -0.15) is 0 Å². The highest BCUT2D eigenvalue weighted by molar-refractivity contribution is 7.15. The molecule has 11 heteroatoms. The number of amides is 2. The van der Waals surface area contributed by atoms with Crippen LogP contribution in [0, 0.1) is 12.8 Å². The summed E-state index contributed by atoms with van der Waals surface area (Å²) < 4.78 is 9.94. The largest absolute Gasteiger partial charge is 0.426 e. The maximum atomic E-state index is 13.3. The van der Waals surface area contributed by atoms with Crippen molar-refractivity contribution in [2.24, 2.45) is 5.92 Å². The van der Waals surface area contributed by atoms with Crippen LogP contribution in [0.25, 0.3) is 10.4 Å². The fourth-order valence-corrected chi connectivity index (χ4v) is 6.62. The van der Waals surface area contributed by atoms with Crippen LogP contribution in [0.2, 0.25) is 0 Å². The lowest BCUT2D eigenvalue weighted by atomic mass is 10.0. The Morgan fingerprint density at radius 1 is 1.02 bits per heavy atom. The minimum absolute atomic E-state index is 0.0164. The third-order valence-electron chi connectivity index (χ3n) is 8.22. The summed E-state index contributed by atoms with van der Waals surface area (Å²) >= 11 is 1.76. The number of aryl methyl sites for hydroxylation is 1. The number of anilines is 1. The van der Waals surface area contributed by atoms with Gasteiger partial charge < -0.3 is 35.1 Å². The van der Waals surface area contributed by atoms with Crippen LogP contribution in [0.15, 0.2) is 54.6 Å². The van der Waals surface area contributed by atoms with E-state index in [2.05, 4.69) is 40.2 Å². The molecule has 0 radical (unpaired) electrons. The number of nitrogens with zero attached hydrogens (tertiary/aromatic N) is 1. The van der Waals surface area contributed by atoms with Crippen LogP contribution in [0.5, 0.6) is 0 Å². The Balaban J connectivity index is 0.000000632. The van der Waals surface area contributed by atoms with Crippen molar-refractivity contribution in [2.75, 3.05) is 25.5 Å². The Morgan fingerprint density at radius 3 is 2.43 bits per heavy atom. The van der Waals surface area contributed by atoms with Crippen molar-refractivity contribution in [1.29, 1.82) is 0 Å². The molecule has 0 bridgehead atoms. The zero-order valence-electron chi connectivity index (χ0n) is 27.8. The molecule has 1 saturated carbocycles. The Kier molecular flexibility index (Phi) is 12.9. The molecule has 252 valence electrons. The topological polar surface area (TPSA) is 126 Å². The van der Waals surface area contributed by atoms with Gasteiger partial charge in [0, 0.05) is 60.4 Å². The minimum atomic E-state index is -0.938. The predicted octanol–water partition coefficient (Wildman–Crippen LogP) is 6.45. The lowest BCUT2D eigenvalue weighted by molar-refractivity contribution is -0.163. The van der Waals surface area contributed by atoms with E-state index in [0.717, 1.165) is 48.1 Å². The van der Waals surface area contributed by atoms with Gasteiger partial charge in [0.1, 0.15) is 6.29 Å². The number of ether oxygens (including phenoxy) is 2. The van der Waals surface area contributed by atoms with Crippen LogP contribution < -0.4 is 16.0 Å². The molecule has 2 fully saturated rings. The molecule has 2 aromatic carbocycles. The quantitative estimate of drug-likeness (QED) is 0.122. The molecule has 2 heterocycles. The molecule has 0 spiro atoms. The highest BCUT2D eigenvalue weighted by Gasteiger charge is 2.33. The van der Waals surface area contributed by atoms with E-state index < -0.39 is 18.4 Å². The van der Waals surface area contributed by atoms with Gasteiger partial charge in [-0.3, -0.25) is 9.59 Å². The summed E-state index contributed by atoms with van der Waals surface area (Å²) in [5.41, 5.74) is 4.43. The molecule has 1 saturated heterocycles. The Morgan fingerprint density at radius 2 is 1.77 bits per heavy atom. The van der Waals surface area contributed by atoms with Gasteiger partial charge in [-0.15, -0.1) is 11.3 Å². The maximum Gasteiger partial charge on any atom is 0.412 e. The van der Waals surface area contributed by atoms with E-state index in [-0.39, 0.29) is 18.0 Å². The number of rotatable bonds is 11. The summed E-state index contributed by atoms with van der Waals surface area (Å²) in [6.07, 6.45) is 4.44. The summed E-state index contributed by atoms with van der Waals surface area (Å²) in [6.45, 7) is 8.37. The Bertz CT molecular complexity index is 1530. The van der Waals surface area contributed by atoms with E-state index in [1.54, 1.807) is 11.3 Å². The number of nitrogens with one attached hydrogen (secondary N) is 3. The third kappa shape index (κ3) is 10.4. The third-order valence-corrected chi connectivity index (χ3v) is 9.35. The number of hydrogen-bond donors (Lipinski definition) is 3. The van der Waals surface area contributed by atoms with Crippen LogP contribution in [-0.2, 0) is 25.6 Å². The van der Waals surface area contributed by atoms with Gasteiger partial charge in [-0.25, -0.2) is 4.79 Å². The molecule has 3 N–H and O–H groups in total.